The fourth-order valence-corrected chi connectivity index (χ4v) is 2.64. The number of para-hydroxylation sites is 1. The van der Waals surface area contributed by atoms with Gasteiger partial charge in [-0.3, -0.25) is 0 Å². The van der Waals surface area contributed by atoms with Crippen molar-refractivity contribution in [2.45, 2.75) is 13.2 Å². The molecule has 106 valence electrons. The molecule has 21 heavy (non-hydrogen) atoms. The molecular weight excluding hydrogens is 330 g/mol. The molecule has 1 heterocycles. The topological polar surface area (TPSA) is 42.4 Å². The van der Waals surface area contributed by atoms with E-state index < -0.39 is 0 Å². The van der Waals surface area contributed by atoms with Crippen LogP contribution in [0.1, 0.15) is 11.3 Å². The summed E-state index contributed by atoms with van der Waals surface area (Å²) < 4.78 is 6.61. The number of aliphatic hydroxyl groups is 1. The summed E-state index contributed by atoms with van der Waals surface area (Å²) in [5.41, 5.74) is 2.69. The van der Waals surface area contributed by atoms with Crippen LogP contribution in [0.2, 0.25) is 0 Å². The second-order valence-electron chi connectivity index (χ2n) is 4.71. The maximum absolute atomic E-state index is 9.09. The van der Waals surface area contributed by atoms with Crippen LogP contribution in [0.15, 0.2) is 59.1 Å². The zero-order valence-electron chi connectivity index (χ0n) is 11.3. The molecule has 3 nitrogen and oxygen atoms in total. The number of aromatic nitrogens is 1. The average Bonchev–Trinajstić information content (AvgIpc) is 2.53. The maximum Gasteiger partial charge on any atom is 0.134 e. The van der Waals surface area contributed by atoms with E-state index in [1.807, 2.05) is 54.6 Å². The summed E-state index contributed by atoms with van der Waals surface area (Å²) in [5, 5.41) is 10.2. The van der Waals surface area contributed by atoms with Gasteiger partial charge in [0.05, 0.1) is 22.3 Å². The van der Waals surface area contributed by atoms with E-state index in [1.165, 1.54) is 0 Å². The van der Waals surface area contributed by atoms with Crippen LogP contribution in [0.3, 0.4) is 0 Å². The number of benzene rings is 2. The van der Waals surface area contributed by atoms with Crippen LogP contribution in [0.5, 0.6) is 5.75 Å². The van der Waals surface area contributed by atoms with Gasteiger partial charge in [-0.15, -0.1) is 0 Å². The lowest BCUT2D eigenvalue weighted by Crippen LogP contribution is -1.99. The van der Waals surface area contributed by atoms with Crippen molar-refractivity contribution in [3.63, 3.8) is 0 Å². The van der Waals surface area contributed by atoms with Gasteiger partial charge >= 0.3 is 0 Å². The van der Waals surface area contributed by atoms with E-state index in [4.69, 9.17) is 9.84 Å². The molecule has 0 fully saturated rings. The summed E-state index contributed by atoms with van der Waals surface area (Å²) >= 11 is 3.44. The molecule has 3 rings (SSSR count). The molecule has 0 amide bonds. The Kier molecular flexibility index (Phi) is 4.18. The highest BCUT2D eigenvalue weighted by molar-refractivity contribution is 9.10. The summed E-state index contributed by atoms with van der Waals surface area (Å²) in [6.07, 6.45) is 0. The number of rotatable bonds is 4. The number of aliphatic hydroxyl groups excluding tert-OH is 1. The molecule has 4 heteroatoms. The Balaban J connectivity index is 1.77. The highest BCUT2D eigenvalue weighted by Crippen LogP contribution is 2.26. The molecule has 3 aromatic rings. The molecule has 1 aromatic heterocycles. The van der Waals surface area contributed by atoms with E-state index in [0.29, 0.717) is 6.61 Å². The third kappa shape index (κ3) is 3.23. The predicted molar refractivity (Wildman–Crippen MR) is 86.1 cm³/mol. The Hall–Kier alpha value is -1.91. The molecule has 2 aromatic carbocycles. The number of nitrogens with zero attached hydrogens (tertiary/aromatic N) is 1. The monoisotopic (exact) mass is 343 g/mol. The Labute approximate surface area is 131 Å². The van der Waals surface area contributed by atoms with Crippen LogP contribution in [-0.4, -0.2) is 10.1 Å². The molecule has 0 bridgehead atoms. The van der Waals surface area contributed by atoms with Gasteiger partial charge in [-0.1, -0.05) is 30.3 Å². The van der Waals surface area contributed by atoms with E-state index in [2.05, 4.69) is 20.9 Å². The third-order valence-corrected chi connectivity index (χ3v) is 3.83. The van der Waals surface area contributed by atoms with Gasteiger partial charge in [-0.05, 0) is 45.8 Å². The van der Waals surface area contributed by atoms with Crippen LogP contribution in [0.25, 0.3) is 10.9 Å². The van der Waals surface area contributed by atoms with Crippen LogP contribution in [0, 0.1) is 0 Å². The van der Waals surface area contributed by atoms with Crippen molar-refractivity contribution in [2.24, 2.45) is 0 Å². The van der Waals surface area contributed by atoms with Crippen molar-refractivity contribution >= 4 is 26.8 Å². The van der Waals surface area contributed by atoms with Crippen molar-refractivity contribution in [1.29, 1.82) is 0 Å². The molecule has 0 saturated carbocycles. The van der Waals surface area contributed by atoms with Gasteiger partial charge in [-0.2, -0.15) is 0 Å². The first kappa shape index (κ1) is 14.0. The summed E-state index contributed by atoms with van der Waals surface area (Å²) in [6.45, 7) is 0.424. The molecule has 0 unspecified atom stereocenters. The summed E-state index contributed by atoms with van der Waals surface area (Å²) in [6, 6.07) is 17.6. The lowest BCUT2D eigenvalue weighted by molar-refractivity contribution is 0.280. The fourth-order valence-electron chi connectivity index (χ4n) is 2.10. The van der Waals surface area contributed by atoms with Gasteiger partial charge in [0.2, 0.25) is 0 Å². The number of fused-ring (bicyclic) bond motifs is 1. The maximum atomic E-state index is 9.09. The quantitative estimate of drug-likeness (QED) is 0.776. The lowest BCUT2D eigenvalue weighted by atomic mass is 10.2. The van der Waals surface area contributed by atoms with Crippen molar-refractivity contribution in [2.75, 3.05) is 0 Å². The minimum atomic E-state index is 0.0190. The largest absolute Gasteiger partial charge is 0.486 e. The fraction of sp³-hybridized carbons (Fsp3) is 0.118. The second-order valence-corrected chi connectivity index (χ2v) is 5.56. The first-order valence-electron chi connectivity index (χ1n) is 6.63. The molecule has 0 atom stereocenters. The predicted octanol–water partition coefficient (Wildman–Crippen LogP) is 4.07. The number of hydrogen-bond acceptors (Lipinski definition) is 3. The highest BCUT2D eigenvalue weighted by atomic mass is 79.9. The van der Waals surface area contributed by atoms with Gasteiger partial charge in [0.25, 0.3) is 0 Å². The molecule has 0 aliphatic carbocycles. The Morgan fingerprint density at radius 1 is 1.05 bits per heavy atom. The molecule has 0 radical (unpaired) electrons. The van der Waals surface area contributed by atoms with Gasteiger partial charge in [0.1, 0.15) is 12.4 Å². The Morgan fingerprint density at radius 2 is 1.90 bits per heavy atom. The standard InChI is InChI=1S/C17H14BrNO2/c18-15-9-12(10-20)5-8-17(15)21-11-14-7-6-13-3-1-2-4-16(13)19-14/h1-9,20H,10-11H2. The summed E-state index contributed by atoms with van der Waals surface area (Å²) in [5.74, 6) is 0.738. The van der Waals surface area contributed by atoms with E-state index in [9.17, 15) is 0 Å². The third-order valence-electron chi connectivity index (χ3n) is 3.21. The first-order chi connectivity index (χ1) is 10.3. The highest BCUT2D eigenvalue weighted by Gasteiger charge is 2.04. The van der Waals surface area contributed by atoms with Gasteiger partial charge < -0.3 is 9.84 Å². The molecular formula is C17H14BrNO2. The van der Waals surface area contributed by atoms with E-state index >= 15 is 0 Å². The first-order valence-corrected chi connectivity index (χ1v) is 7.42. The molecule has 0 aliphatic rings. The summed E-state index contributed by atoms with van der Waals surface area (Å²) in [4.78, 5) is 4.57. The van der Waals surface area contributed by atoms with Crippen LogP contribution >= 0.6 is 15.9 Å². The van der Waals surface area contributed by atoms with Crippen LogP contribution in [-0.2, 0) is 13.2 Å². The number of pyridine rings is 1. The van der Waals surface area contributed by atoms with Crippen LogP contribution in [0.4, 0.5) is 0 Å². The van der Waals surface area contributed by atoms with E-state index in [1.54, 1.807) is 0 Å². The van der Waals surface area contributed by atoms with Gasteiger partial charge in [-0.25, -0.2) is 4.98 Å². The van der Waals surface area contributed by atoms with Crippen molar-refractivity contribution < 1.29 is 9.84 Å². The van der Waals surface area contributed by atoms with E-state index in [0.717, 1.165) is 32.4 Å². The Bertz CT molecular complexity index is 774. The molecule has 0 spiro atoms. The van der Waals surface area contributed by atoms with Gasteiger partial charge in [0.15, 0.2) is 0 Å². The van der Waals surface area contributed by atoms with E-state index in [-0.39, 0.29) is 6.61 Å². The smallest absolute Gasteiger partial charge is 0.134 e. The minimum Gasteiger partial charge on any atom is -0.486 e. The number of halogens is 1. The second kappa shape index (κ2) is 6.24. The van der Waals surface area contributed by atoms with Crippen molar-refractivity contribution in [3.05, 3.63) is 70.3 Å². The Morgan fingerprint density at radius 3 is 2.71 bits per heavy atom. The molecule has 0 aliphatic heterocycles. The van der Waals surface area contributed by atoms with Crippen molar-refractivity contribution in [1.82, 2.24) is 4.98 Å². The lowest BCUT2D eigenvalue weighted by Gasteiger charge is -2.09. The normalized spacial score (nSPS) is 10.8. The SMILES string of the molecule is OCc1ccc(OCc2ccc3ccccc3n2)c(Br)c1. The molecule has 0 saturated heterocycles. The number of hydrogen-bond donors (Lipinski definition) is 1. The minimum absolute atomic E-state index is 0.0190. The summed E-state index contributed by atoms with van der Waals surface area (Å²) in [7, 11) is 0. The zero-order chi connectivity index (χ0) is 14.7. The number of ether oxygens (including phenoxy) is 1. The average molecular weight is 344 g/mol. The molecule has 1 N–H and O–H groups in total. The van der Waals surface area contributed by atoms with Crippen molar-refractivity contribution in [3.8, 4) is 5.75 Å². The van der Waals surface area contributed by atoms with Gasteiger partial charge in [0, 0.05) is 5.39 Å². The van der Waals surface area contributed by atoms with Crippen LogP contribution < -0.4 is 4.74 Å². The zero-order valence-corrected chi connectivity index (χ0v) is 12.9.